The van der Waals surface area contributed by atoms with E-state index in [1.54, 1.807) is 0 Å². The van der Waals surface area contributed by atoms with Crippen LogP contribution in [0.25, 0.3) is 10.8 Å². The Kier molecular flexibility index (Phi) is 15.9. The van der Waals surface area contributed by atoms with Crippen molar-refractivity contribution in [2.45, 2.75) is 14.7 Å². The van der Waals surface area contributed by atoms with Gasteiger partial charge >= 0.3 is 107 Å². The number of carbonyl (C=O) groups is 2. The molecular formula is C27H16N7Na3O15S3. The Balaban J connectivity index is 0.00000348. The zero-order valence-electron chi connectivity index (χ0n) is 28.0. The second-order valence-electron chi connectivity index (χ2n) is 10.1. The van der Waals surface area contributed by atoms with Crippen molar-refractivity contribution in [1.82, 2.24) is 15.0 Å². The number of rotatable bonds is 11. The number of aromatic carboxylic acids is 2. The molecule has 4 aromatic carbocycles. The van der Waals surface area contributed by atoms with Crippen molar-refractivity contribution in [2.24, 2.45) is 10.2 Å². The van der Waals surface area contributed by atoms with Crippen LogP contribution < -0.4 is 99.3 Å². The van der Waals surface area contributed by atoms with Crippen LogP contribution in [0.1, 0.15) is 20.7 Å². The number of aromatic nitrogens is 3. The largest absolute Gasteiger partial charge is 1.00 e. The maximum atomic E-state index is 12.3. The average Bonchev–Trinajstić information content (AvgIpc) is 3.02. The zero-order chi connectivity index (χ0) is 38.3. The first kappa shape index (κ1) is 47.8. The number of azo groups is 1. The molecule has 55 heavy (non-hydrogen) atoms. The summed E-state index contributed by atoms with van der Waals surface area (Å²) in [6.07, 6.45) is 0. The molecule has 0 aliphatic heterocycles. The third kappa shape index (κ3) is 11.4. The van der Waals surface area contributed by atoms with Gasteiger partial charge in [0.2, 0.25) is 11.9 Å². The summed E-state index contributed by atoms with van der Waals surface area (Å²) < 4.78 is 107. The van der Waals surface area contributed by atoms with Gasteiger partial charge in [0.05, 0.1) is 31.5 Å². The first-order valence-corrected chi connectivity index (χ1v) is 17.7. The van der Waals surface area contributed by atoms with Gasteiger partial charge in [-0.1, -0.05) is 6.07 Å². The van der Waals surface area contributed by atoms with Crippen molar-refractivity contribution in [3.8, 4) is 11.8 Å². The van der Waals surface area contributed by atoms with Gasteiger partial charge in [-0.25, -0.2) is 34.8 Å². The van der Waals surface area contributed by atoms with Crippen molar-refractivity contribution in [3.05, 3.63) is 71.8 Å². The maximum Gasteiger partial charge on any atom is 1.00 e. The van der Waals surface area contributed by atoms with Crippen LogP contribution in [-0.2, 0) is 30.4 Å². The molecule has 1 heterocycles. The van der Waals surface area contributed by atoms with Gasteiger partial charge in [-0.15, -0.1) is 10.2 Å². The zero-order valence-corrected chi connectivity index (χ0v) is 36.5. The normalized spacial score (nSPS) is 11.5. The fourth-order valence-electron chi connectivity index (χ4n) is 4.48. The quantitative estimate of drug-likeness (QED) is 0.0409. The van der Waals surface area contributed by atoms with Crippen LogP contribution in [0.2, 0.25) is 0 Å². The third-order valence-corrected chi connectivity index (χ3v) is 9.16. The molecule has 0 aliphatic carbocycles. The van der Waals surface area contributed by atoms with Crippen molar-refractivity contribution in [3.63, 3.8) is 0 Å². The number of phenols is 1. The molecule has 5 rings (SSSR count). The Hall–Kier alpha value is -3.38. The number of benzene rings is 4. The van der Waals surface area contributed by atoms with Gasteiger partial charge in [0.15, 0.2) is 5.75 Å². The number of phenolic OH excluding ortho intramolecular Hbond substituents is 1. The SMILES string of the molecule is O=C(O)c1ccc(C(=O)O)c(N=Nc2c(S(=O)(=O)[O-])cc3cc(S(=O)(=O)[O-])cc(Nc4nc(O)nc(Nc5cccc(S(=O)(=O)[O-])c5)n4)c3c2O)c1.[Na+].[Na+].[Na+]. The van der Waals surface area contributed by atoms with Crippen LogP contribution in [0.4, 0.5) is 34.6 Å². The molecule has 1 aromatic heterocycles. The standard InChI is InChI=1S/C27H19N7O15S3.3Na/c35-22-20-12(8-19(52(47,48)49)21(22)34-33-17-7-11(23(36)37)4-5-16(17)24(38)39)6-15(51(44,45)46)10-18(20)29-26-30-25(31-27(40)32-26)28-13-2-1-3-14(9-13)50(41,42)43;;;/h1-10,35H,(H,36,37)(H,38,39)(H,41,42,43)(H,44,45,46)(H,47,48,49)(H3,28,29,30,31,32,40);;;/q;3*+1/p-3. The van der Waals surface area contributed by atoms with E-state index in [2.05, 4.69) is 35.8 Å². The number of nitrogens with one attached hydrogen (secondary N) is 2. The second kappa shape index (κ2) is 18.3. The summed E-state index contributed by atoms with van der Waals surface area (Å²) in [5, 5.41) is 51.1. The molecule has 0 saturated carbocycles. The van der Waals surface area contributed by atoms with Crippen molar-refractivity contribution in [1.29, 1.82) is 0 Å². The minimum absolute atomic E-state index is 0. The van der Waals surface area contributed by atoms with Gasteiger partial charge in [-0.05, 0) is 60.0 Å². The molecule has 0 spiro atoms. The number of carboxylic acids is 2. The number of anilines is 4. The van der Waals surface area contributed by atoms with E-state index in [0.717, 1.165) is 30.3 Å². The first-order valence-electron chi connectivity index (χ1n) is 13.4. The van der Waals surface area contributed by atoms with Gasteiger partial charge in [-0.3, -0.25) is 0 Å². The maximum absolute atomic E-state index is 12.3. The number of hydrogen-bond donors (Lipinski definition) is 6. The molecule has 0 aliphatic rings. The summed E-state index contributed by atoms with van der Waals surface area (Å²) >= 11 is 0. The Morgan fingerprint density at radius 1 is 0.673 bits per heavy atom. The Morgan fingerprint density at radius 2 is 1.29 bits per heavy atom. The van der Waals surface area contributed by atoms with Crippen LogP contribution in [-0.4, -0.2) is 86.2 Å². The monoisotopic (exact) mass is 843 g/mol. The van der Waals surface area contributed by atoms with E-state index in [0.29, 0.717) is 18.2 Å². The van der Waals surface area contributed by atoms with Gasteiger partial charge in [-0.2, -0.15) is 15.0 Å². The fraction of sp³-hybridized carbons (Fsp3) is 0. The summed E-state index contributed by atoms with van der Waals surface area (Å²) in [4.78, 5) is 31.2. The van der Waals surface area contributed by atoms with E-state index >= 15 is 0 Å². The van der Waals surface area contributed by atoms with Crippen LogP contribution in [0.5, 0.6) is 11.8 Å². The number of carboxylic acid groups (broad SMARTS) is 2. The molecule has 0 fully saturated rings. The van der Waals surface area contributed by atoms with E-state index in [-0.39, 0.29) is 94.4 Å². The molecule has 5 aromatic rings. The van der Waals surface area contributed by atoms with Crippen molar-refractivity contribution in [2.75, 3.05) is 10.6 Å². The van der Waals surface area contributed by atoms with E-state index in [4.69, 9.17) is 0 Å². The molecule has 0 radical (unpaired) electrons. The topological polar surface area (TPSA) is 374 Å². The number of fused-ring (bicyclic) bond motifs is 1. The summed E-state index contributed by atoms with van der Waals surface area (Å²) in [6, 6.07) is 7.57. The molecule has 22 nitrogen and oxygen atoms in total. The molecule has 6 N–H and O–H groups in total. The van der Waals surface area contributed by atoms with Crippen LogP contribution in [0.3, 0.4) is 0 Å². The first-order chi connectivity index (χ1) is 24.1. The van der Waals surface area contributed by atoms with Crippen LogP contribution in [0.15, 0.2) is 85.6 Å². The summed E-state index contributed by atoms with van der Waals surface area (Å²) in [7, 11) is -15.9. The Bertz CT molecular complexity index is 2720. The third-order valence-electron chi connectivity index (χ3n) is 6.66. The minimum Gasteiger partial charge on any atom is -0.744 e. The molecule has 28 heteroatoms. The number of aromatic hydroxyl groups is 2. The minimum atomic E-state index is -5.63. The van der Waals surface area contributed by atoms with Crippen molar-refractivity contribution >= 4 is 87.7 Å². The summed E-state index contributed by atoms with van der Waals surface area (Å²) in [6.45, 7) is 0. The number of nitrogens with zero attached hydrogens (tertiary/aromatic N) is 5. The van der Waals surface area contributed by atoms with Gasteiger partial charge < -0.3 is 44.7 Å². The summed E-state index contributed by atoms with van der Waals surface area (Å²) in [5.74, 6) is -5.55. The van der Waals surface area contributed by atoms with Crippen LogP contribution in [0, 0.1) is 0 Å². The van der Waals surface area contributed by atoms with Gasteiger partial charge in [0.25, 0.3) is 0 Å². The van der Waals surface area contributed by atoms with Gasteiger partial charge in [0.1, 0.15) is 41.7 Å². The van der Waals surface area contributed by atoms with E-state index in [9.17, 15) is 68.9 Å². The molecule has 270 valence electrons. The summed E-state index contributed by atoms with van der Waals surface area (Å²) in [5.41, 5.74) is -3.59. The Labute approximate surface area is 375 Å². The number of hydrogen-bond acceptors (Lipinski definition) is 20. The van der Waals surface area contributed by atoms with Crippen molar-refractivity contribution < 1.29 is 158 Å². The molecule has 0 saturated heterocycles. The van der Waals surface area contributed by atoms with Gasteiger partial charge in [0, 0.05) is 11.1 Å². The molecule has 0 unspecified atom stereocenters. The molecule has 0 atom stereocenters. The van der Waals surface area contributed by atoms with E-state index in [1.807, 2.05) is 0 Å². The smallest absolute Gasteiger partial charge is 0.744 e. The van der Waals surface area contributed by atoms with E-state index in [1.165, 1.54) is 12.1 Å². The Morgan fingerprint density at radius 3 is 1.85 bits per heavy atom. The average molecular weight is 844 g/mol. The molecular weight excluding hydrogens is 828 g/mol. The molecule has 0 amide bonds. The predicted molar refractivity (Wildman–Crippen MR) is 169 cm³/mol. The van der Waals surface area contributed by atoms with Crippen LogP contribution >= 0.6 is 0 Å². The predicted octanol–water partition coefficient (Wildman–Crippen LogP) is -6.54. The van der Waals surface area contributed by atoms with E-state index < -0.39 is 120 Å². The molecule has 0 bridgehead atoms. The fourth-order valence-corrected chi connectivity index (χ4v) is 6.17. The second-order valence-corrected chi connectivity index (χ2v) is 14.2.